The standard InChI is InChI=1S/C24H29F2NO5S/c1-15(2)14-27(21-5-3-17(25)11-20(21)26)33(29,30)18-4-6-23-19(12-18)22(28)13-24(32-23)16-7-9-31-10-8-16/h3-6,11-12,15-16,22,24,28H,7-10,13-14H2,1-2H3. The minimum atomic E-state index is -4.19. The zero-order chi connectivity index (χ0) is 23.8. The van der Waals surface area contributed by atoms with E-state index >= 15 is 0 Å². The van der Waals surface area contributed by atoms with Gasteiger partial charge in [0.1, 0.15) is 23.5 Å². The average molecular weight is 482 g/mol. The molecule has 2 aromatic carbocycles. The minimum absolute atomic E-state index is 0.00679. The van der Waals surface area contributed by atoms with Crippen molar-refractivity contribution in [2.24, 2.45) is 11.8 Å². The molecule has 33 heavy (non-hydrogen) atoms. The van der Waals surface area contributed by atoms with Crippen LogP contribution < -0.4 is 9.04 Å². The second-order valence-corrected chi connectivity index (χ2v) is 10.9. The smallest absolute Gasteiger partial charge is 0.264 e. The number of nitrogens with zero attached hydrogens (tertiary/aromatic N) is 1. The molecule has 9 heteroatoms. The summed E-state index contributed by atoms with van der Waals surface area (Å²) in [5, 5.41) is 10.8. The molecule has 2 unspecified atom stereocenters. The summed E-state index contributed by atoms with van der Waals surface area (Å²) >= 11 is 0. The first kappa shape index (κ1) is 23.9. The minimum Gasteiger partial charge on any atom is -0.490 e. The molecule has 1 fully saturated rings. The van der Waals surface area contributed by atoms with Gasteiger partial charge in [-0.3, -0.25) is 4.31 Å². The fourth-order valence-electron chi connectivity index (χ4n) is 4.46. The Morgan fingerprint density at radius 3 is 2.52 bits per heavy atom. The summed E-state index contributed by atoms with van der Waals surface area (Å²) in [6.07, 6.45) is 1.03. The fourth-order valence-corrected chi connectivity index (χ4v) is 6.13. The van der Waals surface area contributed by atoms with Crippen LogP contribution in [0.1, 0.15) is 44.8 Å². The van der Waals surface area contributed by atoms with E-state index in [2.05, 4.69) is 0 Å². The number of hydrogen-bond acceptors (Lipinski definition) is 5. The van der Waals surface area contributed by atoms with Crippen molar-refractivity contribution in [3.8, 4) is 5.75 Å². The average Bonchev–Trinajstić information content (AvgIpc) is 2.78. The van der Waals surface area contributed by atoms with Crippen molar-refractivity contribution in [3.63, 3.8) is 0 Å². The van der Waals surface area contributed by atoms with Crippen molar-refractivity contribution >= 4 is 15.7 Å². The van der Waals surface area contributed by atoms with E-state index in [4.69, 9.17) is 9.47 Å². The Balaban J connectivity index is 1.67. The quantitative estimate of drug-likeness (QED) is 0.661. The zero-order valence-corrected chi connectivity index (χ0v) is 19.5. The third-order valence-corrected chi connectivity index (χ3v) is 7.94. The first-order chi connectivity index (χ1) is 15.7. The first-order valence-corrected chi connectivity index (χ1v) is 12.6. The Morgan fingerprint density at radius 1 is 1.12 bits per heavy atom. The van der Waals surface area contributed by atoms with Gasteiger partial charge in [-0.25, -0.2) is 17.2 Å². The van der Waals surface area contributed by atoms with Gasteiger partial charge in [0, 0.05) is 43.7 Å². The summed E-state index contributed by atoms with van der Waals surface area (Å²) in [5.74, 6) is -1.14. The Labute approximate surface area is 193 Å². The van der Waals surface area contributed by atoms with Crippen molar-refractivity contribution < 1.29 is 31.8 Å². The van der Waals surface area contributed by atoms with Gasteiger partial charge in [-0.05, 0) is 49.1 Å². The summed E-state index contributed by atoms with van der Waals surface area (Å²) in [6.45, 7) is 4.95. The van der Waals surface area contributed by atoms with Gasteiger partial charge in [0.25, 0.3) is 10.0 Å². The number of rotatable bonds is 6. The van der Waals surface area contributed by atoms with Crippen molar-refractivity contribution in [2.75, 3.05) is 24.1 Å². The van der Waals surface area contributed by atoms with E-state index in [9.17, 15) is 22.3 Å². The summed E-state index contributed by atoms with van der Waals surface area (Å²) in [4.78, 5) is -0.0854. The van der Waals surface area contributed by atoms with Crippen LogP contribution in [0.25, 0.3) is 0 Å². The lowest BCUT2D eigenvalue weighted by Crippen LogP contribution is -2.37. The van der Waals surface area contributed by atoms with E-state index in [1.807, 2.05) is 13.8 Å². The van der Waals surface area contributed by atoms with E-state index < -0.39 is 27.8 Å². The predicted octanol–water partition coefficient (Wildman–Crippen LogP) is 4.43. The van der Waals surface area contributed by atoms with Crippen LogP contribution in [0.5, 0.6) is 5.75 Å². The lowest BCUT2D eigenvalue weighted by molar-refractivity contribution is -0.0151. The van der Waals surface area contributed by atoms with E-state index in [1.54, 1.807) is 6.07 Å². The number of aliphatic hydroxyl groups is 1. The van der Waals surface area contributed by atoms with Crippen LogP contribution in [0, 0.1) is 23.5 Å². The van der Waals surface area contributed by atoms with E-state index in [-0.39, 0.29) is 35.1 Å². The van der Waals surface area contributed by atoms with Gasteiger partial charge in [-0.1, -0.05) is 13.8 Å². The fraction of sp³-hybridized carbons (Fsp3) is 0.500. The molecule has 0 aromatic heterocycles. The number of ether oxygens (including phenoxy) is 2. The number of fused-ring (bicyclic) bond motifs is 1. The zero-order valence-electron chi connectivity index (χ0n) is 18.7. The van der Waals surface area contributed by atoms with Crippen LogP contribution in [-0.4, -0.2) is 39.4 Å². The second-order valence-electron chi connectivity index (χ2n) is 9.08. The lowest BCUT2D eigenvalue weighted by Gasteiger charge is -2.36. The van der Waals surface area contributed by atoms with Gasteiger partial charge in [-0.2, -0.15) is 0 Å². The Kier molecular flexibility index (Phi) is 6.93. The highest BCUT2D eigenvalue weighted by Gasteiger charge is 2.35. The Hall–Kier alpha value is -2.23. The molecule has 0 radical (unpaired) electrons. The molecule has 6 nitrogen and oxygen atoms in total. The van der Waals surface area contributed by atoms with Gasteiger partial charge in [0.15, 0.2) is 0 Å². The molecule has 1 saturated heterocycles. The molecule has 1 N–H and O–H groups in total. The van der Waals surface area contributed by atoms with Gasteiger partial charge < -0.3 is 14.6 Å². The number of sulfonamides is 1. The molecule has 0 bridgehead atoms. The molecule has 2 atom stereocenters. The summed E-state index contributed by atoms with van der Waals surface area (Å²) in [6, 6.07) is 7.17. The third-order valence-electron chi connectivity index (χ3n) is 6.16. The molecule has 2 aliphatic heterocycles. The molecule has 2 aromatic rings. The van der Waals surface area contributed by atoms with Crippen LogP contribution in [0.4, 0.5) is 14.5 Å². The molecule has 0 aliphatic carbocycles. The molecule has 2 aliphatic rings. The van der Waals surface area contributed by atoms with Crippen molar-refractivity contribution in [1.82, 2.24) is 0 Å². The third kappa shape index (κ3) is 5.00. The van der Waals surface area contributed by atoms with Crippen LogP contribution in [-0.2, 0) is 14.8 Å². The maximum Gasteiger partial charge on any atom is 0.264 e. The molecule has 0 saturated carbocycles. The molecule has 180 valence electrons. The first-order valence-electron chi connectivity index (χ1n) is 11.2. The maximum atomic E-state index is 14.5. The van der Waals surface area contributed by atoms with Gasteiger partial charge in [0.2, 0.25) is 0 Å². The van der Waals surface area contributed by atoms with Crippen molar-refractivity contribution in [1.29, 1.82) is 0 Å². The number of halogens is 2. The monoisotopic (exact) mass is 481 g/mol. The van der Waals surface area contributed by atoms with E-state index in [0.717, 1.165) is 29.3 Å². The predicted molar refractivity (Wildman–Crippen MR) is 120 cm³/mol. The number of aliphatic hydroxyl groups excluding tert-OH is 1. The Morgan fingerprint density at radius 2 is 1.85 bits per heavy atom. The number of hydrogen-bond donors (Lipinski definition) is 1. The van der Waals surface area contributed by atoms with Gasteiger partial charge in [0.05, 0.1) is 16.7 Å². The largest absolute Gasteiger partial charge is 0.490 e. The summed E-state index contributed by atoms with van der Waals surface area (Å²) < 4.78 is 67.5. The molecule has 0 spiro atoms. The normalized spacial score (nSPS) is 21.5. The van der Waals surface area contributed by atoms with Crippen LogP contribution >= 0.6 is 0 Å². The second kappa shape index (κ2) is 9.56. The topological polar surface area (TPSA) is 76.1 Å². The molecule has 4 rings (SSSR count). The number of anilines is 1. The SMILES string of the molecule is CC(C)CN(c1ccc(F)cc1F)S(=O)(=O)c1ccc2c(c1)C(O)CC(C1CCOCC1)O2. The maximum absolute atomic E-state index is 14.5. The lowest BCUT2D eigenvalue weighted by atomic mass is 9.87. The van der Waals surface area contributed by atoms with Crippen LogP contribution in [0.3, 0.4) is 0 Å². The molecule has 2 heterocycles. The van der Waals surface area contributed by atoms with Gasteiger partial charge >= 0.3 is 0 Å². The van der Waals surface area contributed by atoms with Gasteiger partial charge in [-0.15, -0.1) is 0 Å². The van der Waals surface area contributed by atoms with Crippen LogP contribution in [0.15, 0.2) is 41.3 Å². The summed E-state index contributed by atoms with van der Waals surface area (Å²) in [5.41, 5.74) is 0.169. The highest BCUT2D eigenvalue weighted by atomic mass is 32.2. The van der Waals surface area contributed by atoms with E-state index in [0.29, 0.717) is 37.0 Å². The molecule has 0 amide bonds. The van der Waals surface area contributed by atoms with E-state index in [1.165, 1.54) is 12.1 Å². The highest BCUT2D eigenvalue weighted by Crippen LogP contribution is 2.40. The molecular formula is C24H29F2NO5S. The van der Waals surface area contributed by atoms with Crippen molar-refractivity contribution in [2.45, 2.75) is 50.2 Å². The number of benzene rings is 2. The molecular weight excluding hydrogens is 452 g/mol. The summed E-state index contributed by atoms with van der Waals surface area (Å²) in [7, 11) is -4.19. The Bertz CT molecular complexity index is 1100. The van der Waals surface area contributed by atoms with Crippen molar-refractivity contribution in [3.05, 3.63) is 53.6 Å². The highest BCUT2D eigenvalue weighted by molar-refractivity contribution is 7.92. The van der Waals surface area contributed by atoms with Crippen LogP contribution in [0.2, 0.25) is 0 Å².